The molecule has 1 unspecified atom stereocenters. The molecule has 1 N–H and O–H groups in total. The van der Waals surface area contributed by atoms with Crippen molar-refractivity contribution in [2.24, 2.45) is 0 Å². The van der Waals surface area contributed by atoms with Gasteiger partial charge in [-0.1, -0.05) is 17.7 Å². The maximum atomic E-state index is 10.9. The molecule has 1 atom stereocenters. The molecule has 1 aromatic rings. The van der Waals surface area contributed by atoms with E-state index in [1.807, 2.05) is 39.0 Å². The summed E-state index contributed by atoms with van der Waals surface area (Å²) >= 11 is 0. The number of nitrogens with zero attached hydrogens (tertiary/aromatic N) is 1. The summed E-state index contributed by atoms with van der Waals surface area (Å²) in [6.45, 7) is 5.62. The van der Waals surface area contributed by atoms with Crippen molar-refractivity contribution in [1.82, 2.24) is 0 Å². The van der Waals surface area contributed by atoms with Crippen LogP contribution in [0.5, 0.6) is 0 Å². The van der Waals surface area contributed by atoms with Gasteiger partial charge in [0.25, 0.3) is 0 Å². The van der Waals surface area contributed by atoms with Crippen molar-refractivity contribution in [2.45, 2.75) is 26.7 Å². The van der Waals surface area contributed by atoms with E-state index in [4.69, 9.17) is 10.4 Å². The molecule has 0 aliphatic rings. The van der Waals surface area contributed by atoms with E-state index in [2.05, 4.69) is 0 Å². The van der Waals surface area contributed by atoms with Crippen LogP contribution in [0, 0.1) is 32.1 Å². The number of carboxylic acid groups (broad SMARTS) is 1. The van der Waals surface area contributed by atoms with Crippen molar-refractivity contribution >= 4 is 5.97 Å². The van der Waals surface area contributed by atoms with E-state index < -0.39 is 11.9 Å². The van der Waals surface area contributed by atoms with Gasteiger partial charge < -0.3 is 5.11 Å². The van der Waals surface area contributed by atoms with Crippen LogP contribution in [-0.4, -0.2) is 11.1 Å². The first-order chi connectivity index (χ1) is 6.97. The second kappa shape index (κ2) is 4.14. The molecule has 1 aromatic carbocycles. The normalized spacial score (nSPS) is 11.9. The number of carbonyl (C=O) groups is 1. The molecule has 3 nitrogen and oxygen atoms in total. The zero-order chi connectivity index (χ0) is 11.6. The molecule has 0 radical (unpaired) electrons. The third-order valence-corrected chi connectivity index (χ3v) is 2.40. The first kappa shape index (κ1) is 11.3. The third-order valence-electron chi connectivity index (χ3n) is 2.40. The van der Waals surface area contributed by atoms with E-state index in [0.717, 1.165) is 16.7 Å². The van der Waals surface area contributed by atoms with E-state index in [9.17, 15) is 4.79 Å². The van der Waals surface area contributed by atoms with Gasteiger partial charge in [0.2, 0.25) is 0 Å². The van der Waals surface area contributed by atoms with E-state index in [0.29, 0.717) is 5.56 Å². The highest BCUT2D eigenvalue weighted by Gasteiger charge is 2.22. The Morgan fingerprint density at radius 3 is 2.13 bits per heavy atom. The Morgan fingerprint density at radius 1 is 1.33 bits per heavy atom. The molecule has 0 aliphatic carbocycles. The van der Waals surface area contributed by atoms with Gasteiger partial charge in [0.15, 0.2) is 5.92 Å². The summed E-state index contributed by atoms with van der Waals surface area (Å²) in [5.41, 5.74) is 3.43. The van der Waals surface area contributed by atoms with Crippen LogP contribution in [0.1, 0.15) is 28.2 Å². The van der Waals surface area contributed by atoms with E-state index >= 15 is 0 Å². The van der Waals surface area contributed by atoms with Gasteiger partial charge in [0, 0.05) is 0 Å². The molecule has 0 spiro atoms. The summed E-state index contributed by atoms with van der Waals surface area (Å²) in [5.74, 6) is -2.15. The fourth-order valence-electron chi connectivity index (χ4n) is 1.89. The van der Waals surface area contributed by atoms with Crippen molar-refractivity contribution in [3.63, 3.8) is 0 Å². The molecule has 0 saturated carbocycles. The second-order valence-corrected chi connectivity index (χ2v) is 3.71. The van der Waals surface area contributed by atoms with Crippen LogP contribution in [-0.2, 0) is 4.79 Å². The lowest BCUT2D eigenvalue weighted by Gasteiger charge is -2.12. The van der Waals surface area contributed by atoms with Gasteiger partial charge in [0.1, 0.15) is 0 Å². The number of carboxylic acids is 1. The van der Waals surface area contributed by atoms with Gasteiger partial charge in [-0.2, -0.15) is 5.26 Å². The molecule has 0 aromatic heterocycles. The zero-order valence-electron chi connectivity index (χ0n) is 9.03. The summed E-state index contributed by atoms with van der Waals surface area (Å²) in [5, 5.41) is 17.8. The number of hydrogen-bond acceptors (Lipinski definition) is 2. The first-order valence-corrected chi connectivity index (χ1v) is 4.67. The van der Waals surface area contributed by atoms with Crippen molar-refractivity contribution in [2.75, 3.05) is 0 Å². The number of aryl methyl sites for hydroxylation is 3. The van der Waals surface area contributed by atoms with Gasteiger partial charge in [-0.3, -0.25) is 4.79 Å². The maximum Gasteiger partial charge on any atom is 0.325 e. The van der Waals surface area contributed by atoms with Gasteiger partial charge in [-0.15, -0.1) is 0 Å². The lowest BCUT2D eigenvalue weighted by Crippen LogP contribution is -2.12. The average molecular weight is 203 g/mol. The number of aliphatic carboxylic acids is 1. The smallest absolute Gasteiger partial charge is 0.325 e. The van der Waals surface area contributed by atoms with Crippen molar-refractivity contribution in [1.29, 1.82) is 5.26 Å². The quantitative estimate of drug-likeness (QED) is 0.802. The molecule has 3 heteroatoms. The Hall–Kier alpha value is -1.82. The van der Waals surface area contributed by atoms with Crippen LogP contribution in [0.2, 0.25) is 0 Å². The predicted molar refractivity (Wildman–Crippen MR) is 56.6 cm³/mol. The van der Waals surface area contributed by atoms with Crippen LogP contribution in [0.4, 0.5) is 0 Å². The van der Waals surface area contributed by atoms with Crippen molar-refractivity contribution < 1.29 is 9.90 Å². The summed E-state index contributed by atoms with van der Waals surface area (Å²) in [7, 11) is 0. The lowest BCUT2D eigenvalue weighted by molar-refractivity contribution is -0.137. The number of hydrogen-bond donors (Lipinski definition) is 1. The van der Waals surface area contributed by atoms with E-state index in [1.54, 1.807) is 0 Å². The highest BCUT2D eigenvalue weighted by molar-refractivity contribution is 5.80. The molecular formula is C12H13NO2. The average Bonchev–Trinajstić information content (AvgIpc) is 2.09. The summed E-state index contributed by atoms with van der Waals surface area (Å²) in [6.07, 6.45) is 0. The zero-order valence-corrected chi connectivity index (χ0v) is 9.03. The molecular weight excluding hydrogens is 190 g/mol. The third kappa shape index (κ3) is 2.16. The Bertz CT molecular complexity index is 420. The Labute approximate surface area is 89.0 Å². The van der Waals surface area contributed by atoms with Crippen LogP contribution < -0.4 is 0 Å². The molecule has 0 amide bonds. The summed E-state index contributed by atoms with van der Waals surface area (Å²) in [4.78, 5) is 10.9. The van der Waals surface area contributed by atoms with Gasteiger partial charge in [-0.05, 0) is 37.5 Å². The molecule has 0 aliphatic heterocycles. The molecule has 0 fully saturated rings. The van der Waals surface area contributed by atoms with Crippen LogP contribution in [0.3, 0.4) is 0 Å². The number of nitriles is 1. The molecule has 1 rings (SSSR count). The van der Waals surface area contributed by atoms with Crippen molar-refractivity contribution in [3.8, 4) is 6.07 Å². The second-order valence-electron chi connectivity index (χ2n) is 3.71. The monoisotopic (exact) mass is 203 g/mol. The SMILES string of the molecule is Cc1cc(C)c(C(C#N)C(=O)O)c(C)c1. The Kier molecular flexibility index (Phi) is 3.11. The first-order valence-electron chi connectivity index (χ1n) is 4.67. The highest BCUT2D eigenvalue weighted by atomic mass is 16.4. The lowest BCUT2D eigenvalue weighted by atomic mass is 9.90. The minimum absolute atomic E-state index is 0.621. The predicted octanol–water partition coefficient (Wildman–Crippen LogP) is 2.30. The minimum Gasteiger partial charge on any atom is -0.480 e. The minimum atomic E-state index is -1.09. The summed E-state index contributed by atoms with van der Waals surface area (Å²) in [6, 6.07) is 5.62. The molecule has 15 heavy (non-hydrogen) atoms. The molecule has 0 bridgehead atoms. The largest absolute Gasteiger partial charge is 0.480 e. The fraction of sp³-hybridized carbons (Fsp3) is 0.333. The highest BCUT2D eigenvalue weighted by Crippen LogP contribution is 2.24. The number of rotatable bonds is 2. The molecule has 78 valence electrons. The molecule has 0 saturated heterocycles. The topological polar surface area (TPSA) is 61.1 Å². The summed E-state index contributed by atoms with van der Waals surface area (Å²) < 4.78 is 0. The van der Waals surface area contributed by atoms with Gasteiger partial charge in [-0.25, -0.2) is 0 Å². The Balaban J connectivity index is 3.37. The van der Waals surface area contributed by atoms with E-state index in [-0.39, 0.29) is 0 Å². The fourth-order valence-corrected chi connectivity index (χ4v) is 1.89. The standard InChI is InChI=1S/C12H13NO2/c1-7-4-8(2)11(9(3)5-7)10(6-13)12(14)15/h4-5,10H,1-3H3,(H,14,15). The Morgan fingerprint density at radius 2 is 1.80 bits per heavy atom. The van der Waals surface area contributed by atoms with Crippen LogP contribution >= 0.6 is 0 Å². The van der Waals surface area contributed by atoms with Crippen molar-refractivity contribution in [3.05, 3.63) is 34.4 Å². The maximum absolute atomic E-state index is 10.9. The van der Waals surface area contributed by atoms with Crippen LogP contribution in [0.25, 0.3) is 0 Å². The van der Waals surface area contributed by atoms with Gasteiger partial charge >= 0.3 is 5.97 Å². The van der Waals surface area contributed by atoms with E-state index in [1.165, 1.54) is 0 Å². The number of benzene rings is 1. The molecule has 0 heterocycles. The van der Waals surface area contributed by atoms with Crippen LogP contribution in [0.15, 0.2) is 12.1 Å². The van der Waals surface area contributed by atoms with Gasteiger partial charge in [0.05, 0.1) is 6.07 Å².